The zero-order valence-corrected chi connectivity index (χ0v) is 9.24. The Labute approximate surface area is 98.0 Å². The summed E-state index contributed by atoms with van der Waals surface area (Å²) in [4.78, 5) is 15.5. The maximum Gasteiger partial charge on any atom is 0.289 e. The molecule has 0 aliphatic rings. The topological polar surface area (TPSA) is 72.2 Å². The van der Waals surface area contributed by atoms with Crippen LogP contribution in [0.4, 0.5) is 0 Å². The third kappa shape index (κ3) is 2.75. The number of nitrogens with zero attached hydrogens (tertiary/aromatic N) is 4. The lowest BCUT2D eigenvalue weighted by molar-refractivity contribution is 0.0946. The third-order valence-corrected chi connectivity index (χ3v) is 2.12. The fourth-order valence-electron chi connectivity index (χ4n) is 1.27. The van der Waals surface area contributed by atoms with Gasteiger partial charge in [0.05, 0.1) is 6.21 Å². The van der Waals surface area contributed by atoms with Crippen LogP contribution in [0.25, 0.3) is 0 Å². The first-order valence-corrected chi connectivity index (χ1v) is 4.99. The minimum atomic E-state index is -0.301. The summed E-state index contributed by atoms with van der Waals surface area (Å²) >= 11 is 0. The molecule has 6 heteroatoms. The molecule has 0 bridgehead atoms. The average molecular weight is 229 g/mol. The highest BCUT2D eigenvalue weighted by Gasteiger charge is 2.07. The molecule has 0 unspecified atom stereocenters. The highest BCUT2D eigenvalue weighted by Crippen LogP contribution is 1.95. The van der Waals surface area contributed by atoms with Crippen molar-refractivity contribution in [3.63, 3.8) is 0 Å². The summed E-state index contributed by atoms with van der Waals surface area (Å²) in [5.41, 5.74) is 3.69. The number of pyridine rings is 1. The minimum Gasteiger partial charge on any atom is -0.266 e. The molecule has 0 aliphatic heterocycles. The number of carbonyl (C=O) groups is 1. The van der Waals surface area contributed by atoms with Gasteiger partial charge >= 0.3 is 0 Å². The minimum absolute atomic E-state index is 0.301. The molecular formula is C11H11N5O. The van der Waals surface area contributed by atoms with Crippen molar-refractivity contribution >= 4 is 12.1 Å². The molecule has 0 radical (unpaired) electrons. The largest absolute Gasteiger partial charge is 0.289 e. The molecule has 0 saturated carbocycles. The molecule has 0 aromatic carbocycles. The van der Waals surface area contributed by atoms with Gasteiger partial charge in [0, 0.05) is 31.2 Å². The molecule has 2 aromatic heterocycles. The van der Waals surface area contributed by atoms with Crippen molar-refractivity contribution in [3.05, 3.63) is 48.0 Å². The van der Waals surface area contributed by atoms with Crippen molar-refractivity contribution in [2.24, 2.45) is 12.1 Å². The number of hydrogen-bond acceptors (Lipinski definition) is 4. The van der Waals surface area contributed by atoms with Crippen LogP contribution in [0.1, 0.15) is 16.1 Å². The molecule has 6 nitrogen and oxygen atoms in total. The van der Waals surface area contributed by atoms with Crippen molar-refractivity contribution in [3.8, 4) is 0 Å². The zero-order valence-electron chi connectivity index (χ0n) is 9.24. The van der Waals surface area contributed by atoms with Gasteiger partial charge in [0.25, 0.3) is 5.91 Å². The van der Waals surface area contributed by atoms with Gasteiger partial charge in [-0.1, -0.05) is 6.07 Å². The van der Waals surface area contributed by atoms with Crippen LogP contribution in [0.5, 0.6) is 0 Å². The van der Waals surface area contributed by atoms with E-state index in [1.807, 2.05) is 6.07 Å². The average Bonchev–Trinajstić information content (AvgIpc) is 2.77. The molecule has 0 fully saturated rings. The second-order valence-electron chi connectivity index (χ2n) is 3.33. The van der Waals surface area contributed by atoms with E-state index in [1.54, 1.807) is 37.8 Å². The monoisotopic (exact) mass is 229 g/mol. The lowest BCUT2D eigenvalue weighted by Gasteiger charge is -1.99. The number of hydrazone groups is 1. The Morgan fingerprint density at radius 1 is 1.47 bits per heavy atom. The smallest absolute Gasteiger partial charge is 0.266 e. The van der Waals surface area contributed by atoms with Crippen molar-refractivity contribution in [2.45, 2.75) is 0 Å². The standard InChI is InChI=1S/C11H11N5O/c1-16-10(4-6-14-16)11(17)15-13-8-9-3-2-5-12-7-9/h2-8H,1H3,(H,15,17)/b13-8-. The fourth-order valence-corrected chi connectivity index (χ4v) is 1.27. The second-order valence-corrected chi connectivity index (χ2v) is 3.33. The zero-order chi connectivity index (χ0) is 12.1. The Balaban J connectivity index is 1.98. The van der Waals surface area contributed by atoms with Crippen LogP contribution in [0.2, 0.25) is 0 Å². The van der Waals surface area contributed by atoms with Gasteiger partial charge in [-0.3, -0.25) is 14.5 Å². The van der Waals surface area contributed by atoms with E-state index in [9.17, 15) is 4.79 Å². The predicted molar refractivity (Wildman–Crippen MR) is 62.5 cm³/mol. The van der Waals surface area contributed by atoms with Crippen molar-refractivity contribution < 1.29 is 4.79 Å². The summed E-state index contributed by atoms with van der Waals surface area (Å²) < 4.78 is 1.48. The van der Waals surface area contributed by atoms with E-state index in [-0.39, 0.29) is 5.91 Å². The van der Waals surface area contributed by atoms with Crippen LogP contribution >= 0.6 is 0 Å². The lowest BCUT2D eigenvalue weighted by Crippen LogP contribution is -2.20. The summed E-state index contributed by atoms with van der Waals surface area (Å²) in [5.74, 6) is -0.301. The molecule has 0 aliphatic carbocycles. The van der Waals surface area contributed by atoms with Gasteiger partial charge < -0.3 is 0 Å². The summed E-state index contributed by atoms with van der Waals surface area (Å²) in [6.45, 7) is 0. The van der Waals surface area contributed by atoms with Crippen LogP contribution in [0.15, 0.2) is 41.9 Å². The molecule has 2 rings (SSSR count). The first kappa shape index (κ1) is 11.0. The first-order chi connectivity index (χ1) is 8.27. The van der Waals surface area contributed by atoms with Crippen LogP contribution < -0.4 is 5.43 Å². The summed E-state index contributed by atoms with van der Waals surface area (Å²) in [6.07, 6.45) is 6.41. The maximum absolute atomic E-state index is 11.6. The van der Waals surface area contributed by atoms with Gasteiger partial charge in [-0.05, 0) is 12.1 Å². The number of aromatic nitrogens is 3. The Kier molecular flexibility index (Phi) is 3.25. The van der Waals surface area contributed by atoms with Crippen molar-refractivity contribution in [2.75, 3.05) is 0 Å². The predicted octanol–water partition coefficient (Wildman–Crippen LogP) is 0.579. The van der Waals surface area contributed by atoms with Crippen molar-refractivity contribution in [1.82, 2.24) is 20.2 Å². The first-order valence-electron chi connectivity index (χ1n) is 4.99. The molecule has 2 heterocycles. The summed E-state index contributed by atoms with van der Waals surface area (Å²) in [5, 5.41) is 7.73. The van der Waals surface area contributed by atoms with Gasteiger partial charge in [-0.25, -0.2) is 5.43 Å². The number of carbonyl (C=O) groups excluding carboxylic acids is 1. The van der Waals surface area contributed by atoms with E-state index in [4.69, 9.17) is 0 Å². The van der Waals surface area contributed by atoms with Gasteiger partial charge in [-0.2, -0.15) is 10.2 Å². The van der Waals surface area contributed by atoms with Gasteiger partial charge in [0.2, 0.25) is 0 Å². The third-order valence-electron chi connectivity index (χ3n) is 2.12. The quantitative estimate of drug-likeness (QED) is 0.618. The van der Waals surface area contributed by atoms with Crippen LogP contribution in [0.3, 0.4) is 0 Å². The molecule has 0 atom stereocenters. The Morgan fingerprint density at radius 3 is 3.00 bits per heavy atom. The van der Waals surface area contributed by atoms with Crippen LogP contribution in [0, 0.1) is 0 Å². The van der Waals surface area contributed by atoms with Gasteiger partial charge in [-0.15, -0.1) is 0 Å². The van der Waals surface area contributed by atoms with Crippen LogP contribution in [-0.2, 0) is 7.05 Å². The SMILES string of the molecule is Cn1nccc1C(=O)N/N=C\c1cccnc1. The number of rotatable bonds is 3. The number of nitrogens with one attached hydrogen (secondary N) is 1. The second kappa shape index (κ2) is 5.02. The Hall–Kier alpha value is -2.50. The highest BCUT2D eigenvalue weighted by atomic mass is 16.2. The van der Waals surface area contributed by atoms with Crippen molar-refractivity contribution in [1.29, 1.82) is 0 Å². The van der Waals surface area contributed by atoms with Gasteiger partial charge in [0.15, 0.2) is 0 Å². The number of amides is 1. The molecule has 1 N–H and O–H groups in total. The molecule has 86 valence electrons. The number of hydrogen-bond donors (Lipinski definition) is 1. The normalized spacial score (nSPS) is 10.6. The fraction of sp³-hybridized carbons (Fsp3) is 0.0909. The van der Waals surface area contributed by atoms with E-state index in [1.165, 1.54) is 10.9 Å². The molecule has 0 spiro atoms. The summed E-state index contributed by atoms with van der Waals surface area (Å²) in [7, 11) is 1.69. The highest BCUT2D eigenvalue weighted by molar-refractivity contribution is 5.93. The van der Waals surface area contributed by atoms with E-state index < -0.39 is 0 Å². The van der Waals surface area contributed by atoms with Crippen LogP contribution in [-0.4, -0.2) is 26.9 Å². The van der Waals surface area contributed by atoms with E-state index in [0.717, 1.165) is 5.56 Å². The van der Waals surface area contributed by atoms with E-state index in [0.29, 0.717) is 5.69 Å². The Morgan fingerprint density at radius 2 is 2.35 bits per heavy atom. The van der Waals surface area contributed by atoms with E-state index in [2.05, 4.69) is 20.6 Å². The maximum atomic E-state index is 11.6. The molecule has 2 aromatic rings. The number of aryl methyl sites for hydroxylation is 1. The lowest BCUT2D eigenvalue weighted by atomic mass is 10.3. The molecule has 17 heavy (non-hydrogen) atoms. The Bertz CT molecular complexity index is 532. The summed E-state index contributed by atoms with van der Waals surface area (Å²) in [6, 6.07) is 5.26. The van der Waals surface area contributed by atoms with E-state index >= 15 is 0 Å². The molecule has 1 amide bonds. The molecular weight excluding hydrogens is 218 g/mol. The van der Waals surface area contributed by atoms with Gasteiger partial charge in [0.1, 0.15) is 5.69 Å². The molecule has 0 saturated heterocycles.